The second-order valence-electron chi connectivity index (χ2n) is 4.99. The number of nitrogens with one attached hydrogen (secondary N) is 1. The monoisotopic (exact) mass is 254 g/mol. The first-order valence-electron chi connectivity index (χ1n) is 5.95. The van der Waals surface area contributed by atoms with E-state index < -0.39 is 11.5 Å². The number of aromatic nitrogens is 1. The number of nitrogens with zero attached hydrogens (tertiary/aromatic N) is 1. The molecule has 0 bridgehead atoms. The molecule has 5 heteroatoms. The van der Waals surface area contributed by atoms with Gasteiger partial charge in [-0.05, 0) is 38.5 Å². The standard InChI is InChI=1S/C12H18N2O2S/c1-8-3-5-12(6-4-8,10(15)16)14-11-13-9(2)7-17-11/h7-8H,3-6H2,1-2H3,(H,13,14)(H,15,16). The van der Waals surface area contributed by atoms with Gasteiger partial charge in [0.05, 0.1) is 5.69 Å². The number of carbonyl (C=O) groups is 1. The fourth-order valence-corrected chi connectivity index (χ4v) is 3.05. The van der Waals surface area contributed by atoms with Crippen molar-refractivity contribution in [2.75, 3.05) is 5.32 Å². The molecule has 1 aliphatic carbocycles. The number of carboxylic acid groups (broad SMARTS) is 1. The Balaban J connectivity index is 2.15. The van der Waals surface area contributed by atoms with Crippen LogP contribution in [0.1, 0.15) is 38.3 Å². The number of hydrogen-bond donors (Lipinski definition) is 2. The van der Waals surface area contributed by atoms with Gasteiger partial charge in [-0.1, -0.05) is 6.92 Å². The van der Waals surface area contributed by atoms with Crippen LogP contribution >= 0.6 is 11.3 Å². The van der Waals surface area contributed by atoms with Crippen molar-refractivity contribution in [2.24, 2.45) is 5.92 Å². The smallest absolute Gasteiger partial charge is 0.329 e. The second-order valence-corrected chi connectivity index (χ2v) is 5.85. The lowest BCUT2D eigenvalue weighted by molar-refractivity contribution is -0.143. The molecule has 0 unspecified atom stereocenters. The van der Waals surface area contributed by atoms with E-state index in [0.717, 1.165) is 23.7 Å². The molecule has 1 saturated carbocycles. The van der Waals surface area contributed by atoms with Crippen molar-refractivity contribution >= 4 is 22.4 Å². The van der Waals surface area contributed by atoms with Crippen LogP contribution in [0.4, 0.5) is 5.13 Å². The minimum atomic E-state index is -0.809. The zero-order valence-corrected chi connectivity index (χ0v) is 11.0. The first-order valence-corrected chi connectivity index (χ1v) is 6.83. The Bertz CT molecular complexity index is 408. The number of rotatable bonds is 3. The molecule has 0 amide bonds. The number of carboxylic acids is 1. The molecule has 4 nitrogen and oxygen atoms in total. The summed E-state index contributed by atoms with van der Waals surface area (Å²) in [6, 6.07) is 0. The third-order valence-electron chi connectivity index (χ3n) is 3.50. The van der Waals surface area contributed by atoms with Gasteiger partial charge in [0, 0.05) is 5.38 Å². The quantitative estimate of drug-likeness (QED) is 0.870. The Morgan fingerprint density at radius 3 is 2.71 bits per heavy atom. The van der Waals surface area contributed by atoms with Gasteiger partial charge in [-0.25, -0.2) is 9.78 Å². The molecular formula is C12H18N2O2S. The number of hydrogen-bond acceptors (Lipinski definition) is 4. The van der Waals surface area contributed by atoms with E-state index >= 15 is 0 Å². The Morgan fingerprint density at radius 2 is 2.24 bits per heavy atom. The summed E-state index contributed by atoms with van der Waals surface area (Å²) in [6.45, 7) is 4.09. The van der Waals surface area contributed by atoms with Crippen molar-refractivity contribution in [3.63, 3.8) is 0 Å². The zero-order valence-electron chi connectivity index (χ0n) is 10.2. The Labute approximate surface area is 105 Å². The minimum Gasteiger partial charge on any atom is -0.480 e. The maximum atomic E-state index is 11.5. The van der Waals surface area contributed by atoms with E-state index in [2.05, 4.69) is 17.2 Å². The van der Waals surface area contributed by atoms with Crippen LogP contribution in [0, 0.1) is 12.8 Å². The summed E-state index contributed by atoms with van der Waals surface area (Å²) < 4.78 is 0. The van der Waals surface area contributed by atoms with E-state index in [1.54, 1.807) is 0 Å². The average molecular weight is 254 g/mol. The van der Waals surface area contributed by atoms with Gasteiger partial charge in [-0.2, -0.15) is 0 Å². The van der Waals surface area contributed by atoms with Crippen molar-refractivity contribution in [2.45, 2.75) is 45.1 Å². The van der Waals surface area contributed by atoms with Crippen molar-refractivity contribution in [1.82, 2.24) is 4.98 Å². The molecule has 0 aromatic carbocycles. The summed E-state index contributed by atoms with van der Waals surface area (Å²) in [6.07, 6.45) is 3.29. The first kappa shape index (κ1) is 12.4. The van der Waals surface area contributed by atoms with Gasteiger partial charge in [0.1, 0.15) is 5.54 Å². The molecule has 0 aliphatic heterocycles. The highest BCUT2D eigenvalue weighted by molar-refractivity contribution is 7.13. The summed E-state index contributed by atoms with van der Waals surface area (Å²) in [5, 5.41) is 15.3. The Morgan fingerprint density at radius 1 is 1.59 bits per heavy atom. The first-order chi connectivity index (χ1) is 8.02. The predicted molar refractivity (Wildman–Crippen MR) is 68.5 cm³/mol. The largest absolute Gasteiger partial charge is 0.480 e. The number of thiazole rings is 1. The maximum Gasteiger partial charge on any atom is 0.329 e. The number of aryl methyl sites for hydroxylation is 1. The summed E-state index contributed by atoms with van der Waals surface area (Å²) in [4.78, 5) is 15.8. The molecule has 1 fully saturated rings. The van der Waals surface area contributed by atoms with Crippen LogP contribution in [0.2, 0.25) is 0 Å². The molecule has 1 aromatic rings. The topological polar surface area (TPSA) is 62.2 Å². The highest BCUT2D eigenvalue weighted by atomic mass is 32.1. The van der Waals surface area contributed by atoms with Gasteiger partial charge >= 0.3 is 5.97 Å². The molecule has 0 atom stereocenters. The summed E-state index contributed by atoms with van der Waals surface area (Å²) >= 11 is 1.47. The molecule has 17 heavy (non-hydrogen) atoms. The molecule has 1 aliphatic rings. The zero-order chi connectivity index (χ0) is 12.5. The molecule has 0 spiro atoms. The second kappa shape index (κ2) is 4.64. The minimum absolute atomic E-state index is 0.627. The fraction of sp³-hybridized carbons (Fsp3) is 0.667. The van der Waals surface area contributed by atoms with Crippen LogP contribution in [0.3, 0.4) is 0 Å². The van der Waals surface area contributed by atoms with Crippen molar-refractivity contribution in [1.29, 1.82) is 0 Å². The molecule has 1 aromatic heterocycles. The van der Waals surface area contributed by atoms with Crippen molar-refractivity contribution in [3.05, 3.63) is 11.1 Å². The molecule has 2 rings (SSSR count). The van der Waals surface area contributed by atoms with Gasteiger partial charge < -0.3 is 10.4 Å². The van der Waals surface area contributed by atoms with Gasteiger partial charge in [0.15, 0.2) is 5.13 Å². The van der Waals surface area contributed by atoms with E-state index in [9.17, 15) is 9.90 Å². The predicted octanol–water partition coefficient (Wildman–Crippen LogP) is 2.90. The molecule has 0 radical (unpaired) electrons. The lowest BCUT2D eigenvalue weighted by atomic mass is 9.77. The van der Waals surface area contributed by atoms with Crippen molar-refractivity contribution < 1.29 is 9.90 Å². The van der Waals surface area contributed by atoms with E-state index in [4.69, 9.17) is 0 Å². The fourth-order valence-electron chi connectivity index (χ4n) is 2.26. The Kier molecular flexibility index (Phi) is 3.38. The van der Waals surface area contributed by atoms with Crippen LogP contribution < -0.4 is 5.32 Å². The lowest BCUT2D eigenvalue weighted by Crippen LogP contribution is -2.48. The van der Waals surface area contributed by atoms with Crippen LogP contribution in [0.5, 0.6) is 0 Å². The average Bonchev–Trinajstić information content (AvgIpc) is 2.67. The van der Waals surface area contributed by atoms with E-state index in [0.29, 0.717) is 18.8 Å². The molecular weight excluding hydrogens is 236 g/mol. The van der Waals surface area contributed by atoms with Crippen LogP contribution in [0.25, 0.3) is 0 Å². The van der Waals surface area contributed by atoms with Gasteiger partial charge in [0.25, 0.3) is 0 Å². The summed E-state index contributed by atoms with van der Waals surface area (Å²) in [7, 11) is 0. The lowest BCUT2D eigenvalue weighted by Gasteiger charge is -2.36. The normalized spacial score (nSPS) is 28.9. The van der Waals surface area contributed by atoms with Gasteiger partial charge in [-0.15, -0.1) is 11.3 Å². The van der Waals surface area contributed by atoms with E-state index in [1.165, 1.54) is 11.3 Å². The van der Waals surface area contributed by atoms with E-state index in [-0.39, 0.29) is 0 Å². The third kappa shape index (κ3) is 2.60. The van der Waals surface area contributed by atoms with Gasteiger partial charge in [0.2, 0.25) is 0 Å². The highest BCUT2D eigenvalue weighted by Gasteiger charge is 2.41. The molecule has 94 valence electrons. The number of aliphatic carboxylic acids is 1. The van der Waals surface area contributed by atoms with E-state index in [1.807, 2.05) is 12.3 Å². The highest BCUT2D eigenvalue weighted by Crippen LogP contribution is 2.35. The summed E-state index contributed by atoms with van der Waals surface area (Å²) in [5.74, 6) is -0.125. The third-order valence-corrected chi connectivity index (χ3v) is 4.38. The molecule has 2 N–H and O–H groups in total. The summed E-state index contributed by atoms with van der Waals surface area (Å²) in [5.41, 5.74) is 0.124. The van der Waals surface area contributed by atoms with Crippen LogP contribution in [-0.2, 0) is 4.79 Å². The number of anilines is 1. The van der Waals surface area contributed by atoms with Gasteiger partial charge in [-0.3, -0.25) is 0 Å². The van der Waals surface area contributed by atoms with Crippen LogP contribution in [0.15, 0.2) is 5.38 Å². The Hall–Kier alpha value is -1.10. The SMILES string of the molecule is Cc1csc(NC2(C(=O)O)CCC(C)CC2)n1. The molecule has 1 heterocycles. The van der Waals surface area contributed by atoms with Crippen molar-refractivity contribution in [3.8, 4) is 0 Å². The maximum absolute atomic E-state index is 11.5. The molecule has 0 saturated heterocycles. The van der Waals surface area contributed by atoms with Crippen LogP contribution in [-0.4, -0.2) is 21.6 Å².